The summed E-state index contributed by atoms with van der Waals surface area (Å²) >= 11 is 8.26. The lowest BCUT2D eigenvalue weighted by Gasteiger charge is -2.33. The van der Waals surface area contributed by atoms with Crippen molar-refractivity contribution in [2.24, 2.45) is 10.8 Å². The zero-order valence-electron chi connectivity index (χ0n) is 24.2. The van der Waals surface area contributed by atoms with Gasteiger partial charge in [0.25, 0.3) is 0 Å². The predicted octanol–water partition coefficient (Wildman–Crippen LogP) is 9.66. The monoisotopic (exact) mass is 580 g/mol. The van der Waals surface area contributed by atoms with Crippen molar-refractivity contribution in [2.45, 2.75) is 41.5 Å². The van der Waals surface area contributed by atoms with Gasteiger partial charge in [-0.3, -0.25) is 4.79 Å². The highest BCUT2D eigenvalue weighted by Gasteiger charge is 2.30. The molecule has 0 N–H and O–H groups in total. The van der Waals surface area contributed by atoms with E-state index in [0.717, 1.165) is 16.7 Å². The van der Waals surface area contributed by atoms with Crippen LogP contribution in [0.2, 0.25) is 5.02 Å². The summed E-state index contributed by atoms with van der Waals surface area (Å²) in [5, 5.41) is 13.9. The highest BCUT2D eigenvalue weighted by molar-refractivity contribution is 8.06. The maximum absolute atomic E-state index is 13.3. The van der Waals surface area contributed by atoms with Gasteiger partial charge in [-0.05, 0) is 80.3 Å². The van der Waals surface area contributed by atoms with Crippen LogP contribution in [-0.4, -0.2) is 5.78 Å². The van der Waals surface area contributed by atoms with Crippen molar-refractivity contribution in [1.29, 1.82) is 0 Å². The fourth-order valence-corrected chi connectivity index (χ4v) is 5.99. The normalized spacial score (nSPS) is 16.9. The average Bonchev–Trinajstić information content (AvgIpc) is 2.94. The van der Waals surface area contributed by atoms with E-state index in [0.29, 0.717) is 22.1 Å². The lowest BCUT2D eigenvalue weighted by molar-refractivity contribution is -0.300. The Hall–Kier alpha value is -3.60. The molecule has 3 aromatic rings. The Balaban J connectivity index is 1.57. The van der Waals surface area contributed by atoms with E-state index in [1.807, 2.05) is 60.7 Å². The van der Waals surface area contributed by atoms with Crippen molar-refractivity contribution in [3.63, 3.8) is 0 Å². The molecular weight excluding hydrogens is 548 g/mol. The lowest BCUT2D eigenvalue weighted by atomic mass is 9.84. The summed E-state index contributed by atoms with van der Waals surface area (Å²) in [5.74, 6) is 0.658. The number of rotatable bonds is 4. The lowest BCUT2D eigenvalue weighted by Crippen LogP contribution is -2.29. The van der Waals surface area contributed by atoms with Crippen molar-refractivity contribution in [1.82, 2.24) is 0 Å². The number of hydrogen-bond donors (Lipinski definition) is 0. The largest absolute Gasteiger partial charge is 0.871 e. The van der Waals surface area contributed by atoms with Crippen molar-refractivity contribution in [2.75, 3.05) is 0 Å². The van der Waals surface area contributed by atoms with Crippen LogP contribution in [-0.2, 0) is 4.79 Å². The summed E-state index contributed by atoms with van der Waals surface area (Å²) in [5.41, 5.74) is 3.44. The minimum atomic E-state index is -0.251. The molecular formula is C36H33ClO3S. The molecule has 0 fully saturated rings. The van der Waals surface area contributed by atoms with Crippen molar-refractivity contribution in [3.8, 4) is 22.6 Å². The molecule has 41 heavy (non-hydrogen) atoms. The molecule has 3 nitrogen and oxygen atoms in total. The smallest absolute Gasteiger partial charge is 0.362 e. The second-order valence-electron chi connectivity index (χ2n) is 12.4. The SMILES string of the molecule is CC(C)(C)C1=CC(=CC2=C([O-])C(=Cc3cc(-c4ccccc4)[o+]c(-c4ccccc4Cl)c3)C2=O)C=C(C(C)(C)C)S1. The van der Waals surface area contributed by atoms with Crippen LogP contribution in [0.3, 0.4) is 0 Å². The standard InChI is InChI=1S/C36H33ClO3S/c1-35(2,3)31-20-23(21-32(41-31)36(4,5)6)17-27-33(38)26(34(27)39)16-22-18-29(24-12-8-7-9-13-24)40-30(19-22)25-14-10-11-15-28(25)37/h7-21H,1-6H3. The first-order chi connectivity index (χ1) is 19.3. The Morgan fingerprint density at radius 3 is 1.98 bits per heavy atom. The van der Waals surface area contributed by atoms with E-state index in [9.17, 15) is 9.90 Å². The van der Waals surface area contributed by atoms with Crippen LogP contribution in [0, 0.1) is 10.8 Å². The highest BCUT2D eigenvalue weighted by atomic mass is 35.5. The van der Waals surface area contributed by atoms with Gasteiger partial charge in [-0.2, -0.15) is 0 Å². The molecule has 0 radical (unpaired) electrons. The van der Waals surface area contributed by atoms with Crippen LogP contribution in [0.25, 0.3) is 28.7 Å². The fraction of sp³-hybridized carbons (Fsp3) is 0.222. The number of halogens is 1. The number of Topliss-reactive ketones (excluding diaryl/α,β-unsaturated/α-hetero) is 1. The quantitative estimate of drug-likeness (QED) is 0.228. The molecule has 0 spiro atoms. The van der Waals surface area contributed by atoms with Gasteiger partial charge in [0.15, 0.2) is 5.78 Å². The first-order valence-corrected chi connectivity index (χ1v) is 14.8. The van der Waals surface area contributed by atoms with Gasteiger partial charge in [0.1, 0.15) is 0 Å². The molecule has 0 amide bonds. The minimum absolute atomic E-state index is 0.0495. The van der Waals surface area contributed by atoms with Gasteiger partial charge < -0.3 is 5.11 Å². The first kappa shape index (κ1) is 28.9. The highest BCUT2D eigenvalue weighted by Crippen LogP contribution is 2.49. The molecule has 5 heteroatoms. The molecule has 2 heterocycles. The summed E-state index contributed by atoms with van der Waals surface area (Å²) in [6, 6.07) is 20.8. The van der Waals surface area contributed by atoms with Crippen molar-refractivity contribution in [3.05, 3.63) is 128 Å². The molecule has 1 aliphatic heterocycles. The summed E-state index contributed by atoms with van der Waals surface area (Å²) in [4.78, 5) is 15.7. The number of thioether (sulfide) groups is 1. The van der Waals surface area contributed by atoms with Crippen LogP contribution in [0.4, 0.5) is 0 Å². The summed E-state index contributed by atoms with van der Waals surface area (Å²) in [6.45, 7) is 13.1. The maximum atomic E-state index is 13.3. The van der Waals surface area contributed by atoms with Gasteiger partial charge >= 0.3 is 11.5 Å². The number of hydrogen-bond acceptors (Lipinski definition) is 3. The Bertz CT molecular complexity index is 1660. The van der Waals surface area contributed by atoms with Gasteiger partial charge in [-0.1, -0.05) is 101 Å². The van der Waals surface area contributed by atoms with Crippen LogP contribution in [0.1, 0.15) is 47.1 Å². The van der Waals surface area contributed by atoms with E-state index in [-0.39, 0.29) is 33.5 Å². The topological polar surface area (TPSA) is 51.4 Å². The summed E-state index contributed by atoms with van der Waals surface area (Å²) in [7, 11) is 0. The molecule has 0 atom stereocenters. The van der Waals surface area contributed by atoms with E-state index >= 15 is 0 Å². The van der Waals surface area contributed by atoms with E-state index < -0.39 is 0 Å². The molecule has 2 aliphatic rings. The molecule has 0 bridgehead atoms. The van der Waals surface area contributed by atoms with Crippen LogP contribution < -0.4 is 5.11 Å². The maximum Gasteiger partial charge on any atom is 0.362 e. The zero-order valence-corrected chi connectivity index (χ0v) is 25.7. The minimum Gasteiger partial charge on any atom is -0.871 e. The fourth-order valence-electron chi connectivity index (χ4n) is 4.52. The van der Waals surface area contributed by atoms with E-state index in [1.54, 1.807) is 30.0 Å². The second kappa shape index (κ2) is 11.0. The third kappa shape index (κ3) is 6.19. The van der Waals surface area contributed by atoms with Gasteiger partial charge in [-0.15, -0.1) is 0 Å². The van der Waals surface area contributed by atoms with Crippen LogP contribution in [0.15, 0.2) is 122 Å². The van der Waals surface area contributed by atoms with Crippen LogP contribution in [0.5, 0.6) is 0 Å². The van der Waals surface area contributed by atoms with Gasteiger partial charge in [0, 0.05) is 11.1 Å². The number of carbonyl (C=O) groups excluding carboxylic acids is 1. The predicted molar refractivity (Wildman–Crippen MR) is 170 cm³/mol. The molecule has 0 unspecified atom stereocenters. The van der Waals surface area contributed by atoms with E-state index in [4.69, 9.17) is 16.0 Å². The average molecular weight is 581 g/mol. The summed E-state index contributed by atoms with van der Waals surface area (Å²) in [6.07, 6.45) is 7.58. The Morgan fingerprint density at radius 2 is 1.39 bits per heavy atom. The molecule has 1 aromatic heterocycles. The third-order valence-electron chi connectivity index (χ3n) is 6.91. The number of ketones is 1. The van der Waals surface area contributed by atoms with E-state index in [2.05, 4.69) is 53.7 Å². The van der Waals surface area contributed by atoms with Gasteiger partial charge in [-0.25, -0.2) is 4.42 Å². The van der Waals surface area contributed by atoms with Gasteiger partial charge in [0.2, 0.25) is 0 Å². The Labute approximate surface area is 251 Å². The first-order valence-electron chi connectivity index (χ1n) is 13.6. The molecule has 1 aliphatic carbocycles. The zero-order chi connectivity index (χ0) is 29.5. The third-order valence-corrected chi connectivity index (χ3v) is 9.14. The molecule has 0 saturated carbocycles. The molecule has 2 aromatic carbocycles. The van der Waals surface area contributed by atoms with Gasteiger partial charge in [0.05, 0.1) is 28.3 Å². The van der Waals surface area contributed by atoms with Crippen molar-refractivity contribution >= 4 is 35.2 Å². The molecule has 208 valence electrons. The Morgan fingerprint density at radius 1 is 0.805 bits per heavy atom. The van der Waals surface area contributed by atoms with E-state index in [1.165, 1.54) is 9.81 Å². The van der Waals surface area contributed by atoms with Crippen molar-refractivity contribution < 1.29 is 14.3 Å². The van der Waals surface area contributed by atoms with Crippen LogP contribution >= 0.6 is 23.4 Å². The summed E-state index contributed by atoms with van der Waals surface area (Å²) < 4.78 is 6.24. The number of carbonyl (C=O) groups is 1. The molecule has 5 rings (SSSR count). The molecule has 0 saturated heterocycles. The Kier molecular flexibility index (Phi) is 7.76. The number of allylic oxidation sites excluding steroid dienone is 8. The second-order valence-corrected chi connectivity index (χ2v) is 13.8. The number of benzene rings is 2.